The van der Waals surface area contributed by atoms with Gasteiger partial charge in [-0.25, -0.2) is 0 Å². The van der Waals surface area contributed by atoms with Crippen LogP contribution < -0.4 is 10.2 Å². The van der Waals surface area contributed by atoms with Crippen LogP contribution in [0.15, 0.2) is 89.6 Å². The Balaban J connectivity index is 1.10. The third-order valence-corrected chi connectivity index (χ3v) is 9.30. The van der Waals surface area contributed by atoms with Gasteiger partial charge in [-0.15, -0.1) is 0 Å². The van der Waals surface area contributed by atoms with Crippen molar-refractivity contribution in [2.45, 2.75) is 30.9 Å². The predicted molar refractivity (Wildman–Crippen MR) is 164 cm³/mol. The van der Waals surface area contributed by atoms with Gasteiger partial charge in [0.25, 0.3) is 0 Å². The number of rotatable bonds is 9. The number of amides is 1. The van der Waals surface area contributed by atoms with Crippen molar-refractivity contribution in [3.63, 3.8) is 0 Å². The molecule has 8 heteroatoms. The molecule has 3 aromatic carbocycles. The number of carbonyl (C=O) groups is 1. The van der Waals surface area contributed by atoms with Crippen molar-refractivity contribution in [2.24, 2.45) is 0 Å². The molecule has 2 heterocycles. The lowest BCUT2D eigenvalue weighted by molar-refractivity contribution is -0.141. The van der Waals surface area contributed by atoms with E-state index in [0.717, 1.165) is 67.8 Å². The molecular weight excluding hydrogens is 555 g/mol. The number of thiophene rings is 1. The van der Waals surface area contributed by atoms with Crippen LogP contribution in [-0.2, 0) is 10.2 Å². The quantitative estimate of drug-likeness (QED) is 0.207. The van der Waals surface area contributed by atoms with Gasteiger partial charge in [0.15, 0.2) is 0 Å². The molecule has 1 aliphatic carbocycles. The van der Waals surface area contributed by atoms with E-state index in [2.05, 4.69) is 56.2 Å². The highest BCUT2D eigenvalue weighted by molar-refractivity contribution is 7.08. The predicted octanol–water partition coefficient (Wildman–Crippen LogP) is 7.35. The van der Waals surface area contributed by atoms with Crippen LogP contribution in [0.25, 0.3) is 22.3 Å². The fourth-order valence-corrected chi connectivity index (χ4v) is 7.22. The summed E-state index contributed by atoms with van der Waals surface area (Å²) in [7, 11) is 0. The van der Waals surface area contributed by atoms with E-state index in [0.29, 0.717) is 6.42 Å². The lowest BCUT2D eigenvalue weighted by Gasteiger charge is -2.36. The minimum absolute atomic E-state index is 0.458. The first-order valence-corrected chi connectivity index (χ1v) is 15.4. The molecule has 1 saturated heterocycles. The molecule has 42 heavy (non-hydrogen) atoms. The van der Waals surface area contributed by atoms with Crippen LogP contribution in [0.5, 0.6) is 0 Å². The number of alkyl halides is 3. The van der Waals surface area contributed by atoms with E-state index in [4.69, 9.17) is 0 Å². The first kappa shape index (κ1) is 28.5. The number of nitrogens with one attached hydrogen (secondary N) is 1. The highest BCUT2D eigenvalue weighted by Crippen LogP contribution is 2.51. The summed E-state index contributed by atoms with van der Waals surface area (Å²) >= 11 is 1.70. The maximum Gasteiger partial charge on any atom is 0.405 e. The minimum atomic E-state index is -4.47. The lowest BCUT2D eigenvalue weighted by Crippen LogP contribution is -2.47. The Bertz CT molecular complexity index is 1480. The van der Waals surface area contributed by atoms with E-state index in [1.807, 2.05) is 48.5 Å². The smallest absolute Gasteiger partial charge is 0.369 e. The van der Waals surface area contributed by atoms with Gasteiger partial charge in [-0.05, 0) is 81.7 Å². The molecule has 4 aromatic rings. The first-order valence-electron chi connectivity index (χ1n) is 14.5. The van der Waals surface area contributed by atoms with Crippen molar-refractivity contribution in [1.29, 1.82) is 0 Å². The van der Waals surface area contributed by atoms with E-state index in [1.54, 1.807) is 11.3 Å². The van der Waals surface area contributed by atoms with Crippen LogP contribution >= 0.6 is 11.3 Å². The van der Waals surface area contributed by atoms with Gasteiger partial charge in [0, 0.05) is 31.9 Å². The zero-order valence-corrected chi connectivity index (χ0v) is 24.2. The fraction of sp³-hybridized carbons (Fsp3) is 0.324. The molecule has 0 bridgehead atoms. The number of carbonyl (C=O) groups excluding carboxylic acids is 1. The molecule has 0 unspecified atom stereocenters. The average molecular weight is 590 g/mol. The number of nitrogens with zero attached hydrogens (tertiary/aromatic N) is 2. The van der Waals surface area contributed by atoms with E-state index in [-0.39, 0.29) is 0 Å². The molecule has 1 aliphatic heterocycles. The molecule has 0 spiro atoms. The summed E-state index contributed by atoms with van der Waals surface area (Å²) in [6.45, 7) is 3.34. The standard InChI is InChI=1S/C34H34F3N3OS/c35-34(36,37)24-38-32(41)33(30-12-3-1-10-28(30)29-11-2-4-13-31(29)33)15-5-6-16-39-17-19-40(20-18-39)27-9-7-8-25(22-27)26-14-21-42-23-26/h1-4,7-14,21-23H,5-6,15-20,24H2,(H,38,41). The largest absolute Gasteiger partial charge is 0.405 e. The van der Waals surface area contributed by atoms with E-state index < -0.39 is 24.0 Å². The van der Waals surface area contributed by atoms with Crippen molar-refractivity contribution >= 4 is 22.9 Å². The average Bonchev–Trinajstić information content (AvgIpc) is 3.65. The third kappa shape index (κ3) is 5.70. The molecule has 0 atom stereocenters. The maximum atomic E-state index is 13.7. The number of hydrogen-bond acceptors (Lipinski definition) is 4. The number of piperazine rings is 1. The van der Waals surface area contributed by atoms with Gasteiger partial charge in [0.2, 0.25) is 5.91 Å². The monoisotopic (exact) mass is 589 g/mol. The second kappa shape index (κ2) is 11.9. The van der Waals surface area contributed by atoms with Crippen molar-refractivity contribution < 1.29 is 18.0 Å². The highest BCUT2D eigenvalue weighted by Gasteiger charge is 2.49. The van der Waals surface area contributed by atoms with Gasteiger partial charge in [-0.2, -0.15) is 24.5 Å². The minimum Gasteiger partial charge on any atom is -0.369 e. The summed E-state index contributed by atoms with van der Waals surface area (Å²) in [5.74, 6) is -0.574. The van der Waals surface area contributed by atoms with Crippen LogP contribution in [-0.4, -0.2) is 56.3 Å². The molecule has 4 nitrogen and oxygen atoms in total. The van der Waals surface area contributed by atoms with Gasteiger partial charge in [0.1, 0.15) is 12.0 Å². The Morgan fingerprint density at radius 2 is 1.52 bits per heavy atom. The first-order chi connectivity index (χ1) is 20.3. The Kier molecular flexibility index (Phi) is 8.10. The Morgan fingerprint density at radius 1 is 0.833 bits per heavy atom. The number of benzene rings is 3. The van der Waals surface area contributed by atoms with Gasteiger partial charge in [0.05, 0.1) is 0 Å². The van der Waals surface area contributed by atoms with Crippen molar-refractivity contribution in [3.8, 4) is 22.3 Å². The second-order valence-electron chi connectivity index (χ2n) is 11.1. The summed E-state index contributed by atoms with van der Waals surface area (Å²) in [5, 5.41) is 6.50. The number of unbranched alkanes of at least 4 members (excludes halogenated alkanes) is 1. The Hall–Kier alpha value is -3.62. The van der Waals surface area contributed by atoms with Crippen molar-refractivity contribution in [3.05, 3.63) is 101 Å². The van der Waals surface area contributed by atoms with Crippen molar-refractivity contribution in [1.82, 2.24) is 10.2 Å². The molecule has 6 rings (SSSR count). The Labute approximate surface area is 248 Å². The molecule has 1 aromatic heterocycles. The molecule has 218 valence electrons. The van der Waals surface area contributed by atoms with Crippen molar-refractivity contribution in [2.75, 3.05) is 44.2 Å². The molecule has 0 saturated carbocycles. The second-order valence-corrected chi connectivity index (χ2v) is 11.9. The summed E-state index contributed by atoms with van der Waals surface area (Å²) in [4.78, 5) is 18.6. The van der Waals surface area contributed by atoms with E-state index >= 15 is 0 Å². The highest BCUT2D eigenvalue weighted by atomic mass is 32.1. The molecule has 2 aliphatic rings. The summed E-state index contributed by atoms with van der Waals surface area (Å²) in [6.07, 6.45) is -2.42. The Morgan fingerprint density at radius 3 is 2.17 bits per heavy atom. The van der Waals surface area contributed by atoms with E-state index in [9.17, 15) is 18.0 Å². The van der Waals surface area contributed by atoms with E-state index in [1.165, 1.54) is 16.8 Å². The number of halogens is 3. The zero-order chi connectivity index (χ0) is 29.2. The normalized spacial score (nSPS) is 16.2. The molecule has 0 radical (unpaired) electrons. The fourth-order valence-electron chi connectivity index (χ4n) is 6.55. The zero-order valence-electron chi connectivity index (χ0n) is 23.4. The van der Waals surface area contributed by atoms with Crippen LogP contribution in [0.2, 0.25) is 0 Å². The SMILES string of the molecule is O=C(NCC(F)(F)F)C1(CCCCN2CCN(c3cccc(-c4ccsc4)c3)CC2)c2ccccc2-c2ccccc21. The number of anilines is 1. The molecule has 1 fully saturated rings. The molecule has 1 N–H and O–H groups in total. The van der Waals surface area contributed by atoms with Gasteiger partial charge >= 0.3 is 6.18 Å². The van der Waals surface area contributed by atoms with Crippen LogP contribution in [0.3, 0.4) is 0 Å². The number of hydrogen-bond donors (Lipinski definition) is 1. The molecular formula is C34H34F3N3OS. The van der Waals surface area contributed by atoms with Crippen LogP contribution in [0.1, 0.15) is 30.4 Å². The van der Waals surface area contributed by atoms with Gasteiger partial charge in [-0.1, -0.05) is 67.1 Å². The maximum absolute atomic E-state index is 13.7. The summed E-state index contributed by atoms with van der Waals surface area (Å²) in [5.41, 5.74) is 6.03. The topological polar surface area (TPSA) is 35.6 Å². The number of fused-ring (bicyclic) bond motifs is 3. The lowest BCUT2D eigenvalue weighted by atomic mass is 9.73. The van der Waals surface area contributed by atoms with Crippen LogP contribution in [0, 0.1) is 0 Å². The van der Waals surface area contributed by atoms with Gasteiger partial charge in [-0.3, -0.25) is 9.69 Å². The third-order valence-electron chi connectivity index (χ3n) is 8.62. The van der Waals surface area contributed by atoms with Gasteiger partial charge < -0.3 is 10.2 Å². The summed E-state index contributed by atoms with van der Waals surface area (Å²) in [6, 6.07) is 26.1. The van der Waals surface area contributed by atoms with Crippen LogP contribution in [0.4, 0.5) is 18.9 Å². The summed E-state index contributed by atoms with van der Waals surface area (Å²) < 4.78 is 39.4. The molecule has 1 amide bonds.